The van der Waals surface area contributed by atoms with E-state index in [1.807, 2.05) is 31.2 Å². The van der Waals surface area contributed by atoms with Crippen molar-refractivity contribution in [2.75, 3.05) is 0 Å². The molecule has 0 saturated carbocycles. The Bertz CT molecular complexity index is 655. The Morgan fingerprint density at radius 2 is 1.76 bits per heavy atom. The molecule has 2 aromatic rings. The fraction of sp³-hybridized carbons (Fsp3) is 0.235. The summed E-state index contributed by atoms with van der Waals surface area (Å²) < 4.78 is 13.9. The fourth-order valence-corrected chi connectivity index (χ4v) is 2.52. The molecule has 0 aliphatic rings. The first kappa shape index (κ1) is 15.5. The van der Waals surface area contributed by atoms with E-state index < -0.39 is 17.7 Å². The summed E-state index contributed by atoms with van der Waals surface area (Å²) in [5.41, 5.74) is 2.34. The van der Waals surface area contributed by atoms with Crippen LogP contribution >= 0.6 is 11.6 Å². The quantitative estimate of drug-likeness (QED) is 0.895. The normalized spacial score (nSPS) is 12.1. The van der Waals surface area contributed by atoms with Crippen LogP contribution in [0.15, 0.2) is 42.5 Å². The molecule has 0 aliphatic heterocycles. The zero-order valence-corrected chi connectivity index (χ0v) is 12.4. The lowest BCUT2D eigenvalue weighted by Crippen LogP contribution is -2.20. The lowest BCUT2D eigenvalue weighted by Gasteiger charge is -2.15. The molecule has 2 rings (SSSR count). The second-order valence-electron chi connectivity index (χ2n) is 5.08. The maximum atomic E-state index is 13.9. The predicted molar refractivity (Wildman–Crippen MR) is 81.1 cm³/mol. The van der Waals surface area contributed by atoms with Gasteiger partial charge in [-0.3, -0.25) is 4.79 Å². The van der Waals surface area contributed by atoms with Gasteiger partial charge < -0.3 is 5.11 Å². The molecule has 1 N–H and O–H groups in total. The van der Waals surface area contributed by atoms with E-state index in [9.17, 15) is 14.3 Å². The molecule has 110 valence electrons. The van der Waals surface area contributed by atoms with E-state index in [-0.39, 0.29) is 11.4 Å². The molecule has 0 heterocycles. The van der Waals surface area contributed by atoms with Gasteiger partial charge in [0.1, 0.15) is 5.82 Å². The maximum absolute atomic E-state index is 13.9. The van der Waals surface area contributed by atoms with Gasteiger partial charge in [0.2, 0.25) is 0 Å². The minimum atomic E-state index is -0.933. The van der Waals surface area contributed by atoms with E-state index in [1.54, 1.807) is 12.1 Å². The minimum Gasteiger partial charge on any atom is -0.481 e. The van der Waals surface area contributed by atoms with E-state index in [0.29, 0.717) is 12.0 Å². The summed E-state index contributed by atoms with van der Waals surface area (Å²) in [6, 6.07) is 12.3. The van der Waals surface area contributed by atoms with E-state index in [4.69, 9.17) is 11.6 Å². The van der Waals surface area contributed by atoms with Crippen molar-refractivity contribution >= 4 is 17.6 Å². The topological polar surface area (TPSA) is 37.3 Å². The van der Waals surface area contributed by atoms with Crippen molar-refractivity contribution in [3.8, 4) is 0 Å². The highest BCUT2D eigenvalue weighted by Gasteiger charge is 2.21. The molecule has 21 heavy (non-hydrogen) atoms. The van der Waals surface area contributed by atoms with Crippen molar-refractivity contribution in [2.24, 2.45) is 5.92 Å². The Kier molecular flexibility index (Phi) is 4.97. The van der Waals surface area contributed by atoms with E-state index in [1.165, 1.54) is 6.07 Å². The summed E-state index contributed by atoms with van der Waals surface area (Å²) in [5, 5.41) is 9.41. The molecule has 0 radical (unpaired) electrons. The van der Waals surface area contributed by atoms with Crippen LogP contribution in [-0.4, -0.2) is 11.1 Å². The fourth-order valence-electron chi connectivity index (χ4n) is 2.32. The number of rotatable bonds is 5. The summed E-state index contributed by atoms with van der Waals surface area (Å²) in [7, 11) is 0. The second kappa shape index (κ2) is 6.72. The highest BCUT2D eigenvalue weighted by atomic mass is 35.5. The third-order valence-corrected chi connectivity index (χ3v) is 3.87. The molecule has 0 saturated heterocycles. The van der Waals surface area contributed by atoms with Gasteiger partial charge >= 0.3 is 5.97 Å². The van der Waals surface area contributed by atoms with Gasteiger partial charge in [-0.1, -0.05) is 48.0 Å². The van der Waals surface area contributed by atoms with E-state index in [2.05, 4.69) is 0 Å². The van der Waals surface area contributed by atoms with Crippen LogP contribution in [0, 0.1) is 18.7 Å². The molecule has 0 aromatic heterocycles. The van der Waals surface area contributed by atoms with Crippen LogP contribution in [0.25, 0.3) is 0 Å². The molecule has 1 unspecified atom stereocenters. The summed E-state index contributed by atoms with van der Waals surface area (Å²) in [5.74, 6) is -2.15. The molecule has 0 amide bonds. The number of hydrogen-bond acceptors (Lipinski definition) is 1. The minimum absolute atomic E-state index is 0.0209. The van der Waals surface area contributed by atoms with Gasteiger partial charge in [0.15, 0.2) is 0 Å². The molecule has 2 aromatic carbocycles. The number of hydrogen-bond donors (Lipinski definition) is 1. The Morgan fingerprint density at radius 1 is 1.14 bits per heavy atom. The lowest BCUT2D eigenvalue weighted by atomic mass is 9.91. The first-order chi connectivity index (χ1) is 9.99. The van der Waals surface area contributed by atoms with Gasteiger partial charge in [0.05, 0.1) is 10.9 Å². The Morgan fingerprint density at radius 3 is 2.43 bits per heavy atom. The van der Waals surface area contributed by atoms with Crippen LogP contribution < -0.4 is 0 Å². The largest absolute Gasteiger partial charge is 0.481 e. The molecular formula is C17H16ClFO2. The van der Waals surface area contributed by atoms with Crippen LogP contribution in [0.2, 0.25) is 5.02 Å². The number of carboxylic acids is 1. The van der Waals surface area contributed by atoms with Gasteiger partial charge in [-0.05, 0) is 42.5 Å². The predicted octanol–water partition coefficient (Wildman–Crippen LogP) is 4.27. The molecule has 1 atom stereocenters. The van der Waals surface area contributed by atoms with Crippen LogP contribution in [0.1, 0.15) is 16.7 Å². The van der Waals surface area contributed by atoms with Gasteiger partial charge in [0, 0.05) is 0 Å². The molecule has 4 heteroatoms. The number of carboxylic acid groups (broad SMARTS) is 1. The zero-order chi connectivity index (χ0) is 15.4. The third kappa shape index (κ3) is 3.82. The Hall–Kier alpha value is -1.87. The standard InChI is InChI=1S/C17H16ClFO2/c1-11-5-2-3-6-12(11)9-14(17(20)21)10-13-7-4-8-15(18)16(13)19/h2-8,14H,9-10H2,1H3,(H,20,21). The van der Waals surface area contributed by atoms with Crippen molar-refractivity contribution in [1.82, 2.24) is 0 Å². The first-order valence-corrected chi connectivity index (χ1v) is 7.07. The molecule has 2 nitrogen and oxygen atoms in total. The molecule has 0 spiro atoms. The summed E-state index contributed by atoms with van der Waals surface area (Å²) in [4.78, 5) is 11.5. The van der Waals surface area contributed by atoms with Crippen LogP contribution in [0.3, 0.4) is 0 Å². The molecule has 0 aliphatic carbocycles. The maximum Gasteiger partial charge on any atom is 0.307 e. The monoisotopic (exact) mass is 306 g/mol. The van der Waals surface area contributed by atoms with Gasteiger partial charge in [-0.2, -0.15) is 0 Å². The van der Waals surface area contributed by atoms with Crippen molar-refractivity contribution in [3.63, 3.8) is 0 Å². The summed E-state index contributed by atoms with van der Waals surface area (Å²) in [6.07, 6.45) is 0.490. The Labute approximate surface area is 128 Å². The summed E-state index contributed by atoms with van der Waals surface area (Å²) in [6.45, 7) is 1.94. The number of carbonyl (C=O) groups is 1. The van der Waals surface area contributed by atoms with Gasteiger partial charge in [-0.15, -0.1) is 0 Å². The van der Waals surface area contributed by atoms with Gasteiger partial charge in [-0.25, -0.2) is 4.39 Å². The van der Waals surface area contributed by atoms with Crippen LogP contribution in [-0.2, 0) is 17.6 Å². The molecular weight excluding hydrogens is 291 g/mol. The van der Waals surface area contributed by atoms with Gasteiger partial charge in [0.25, 0.3) is 0 Å². The SMILES string of the molecule is Cc1ccccc1CC(Cc1cccc(Cl)c1F)C(=O)O. The average Bonchev–Trinajstić information content (AvgIpc) is 2.45. The highest BCUT2D eigenvalue weighted by molar-refractivity contribution is 6.30. The molecule has 0 bridgehead atoms. The van der Waals surface area contributed by atoms with Crippen molar-refractivity contribution < 1.29 is 14.3 Å². The molecule has 0 fully saturated rings. The number of halogens is 2. The van der Waals surface area contributed by atoms with E-state index in [0.717, 1.165) is 11.1 Å². The number of aliphatic carboxylic acids is 1. The average molecular weight is 307 g/mol. The van der Waals surface area contributed by atoms with Crippen molar-refractivity contribution in [3.05, 3.63) is 70.0 Å². The Balaban J connectivity index is 2.22. The number of aryl methyl sites for hydroxylation is 1. The second-order valence-corrected chi connectivity index (χ2v) is 5.49. The zero-order valence-electron chi connectivity index (χ0n) is 11.6. The smallest absolute Gasteiger partial charge is 0.307 e. The third-order valence-electron chi connectivity index (χ3n) is 3.57. The summed E-state index contributed by atoms with van der Waals surface area (Å²) >= 11 is 5.74. The van der Waals surface area contributed by atoms with Crippen LogP contribution in [0.5, 0.6) is 0 Å². The van der Waals surface area contributed by atoms with Crippen molar-refractivity contribution in [2.45, 2.75) is 19.8 Å². The number of benzene rings is 2. The highest BCUT2D eigenvalue weighted by Crippen LogP contribution is 2.23. The lowest BCUT2D eigenvalue weighted by molar-refractivity contribution is -0.141. The first-order valence-electron chi connectivity index (χ1n) is 6.69. The van der Waals surface area contributed by atoms with E-state index >= 15 is 0 Å². The van der Waals surface area contributed by atoms with Crippen LogP contribution in [0.4, 0.5) is 4.39 Å². The van der Waals surface area contributed by atoms with Crippen molar-refractivity contribution in [1.29, 1.82) is 0 Å².